The van der Waals surface area contributed by atoms with E-state index < -0.39 is 0 Å². The molecule has 1 aliphatic rings. The van der Waals surface area contributed by atoms with Crippen molar-refractivity contribution in [1.29, 1.82) is 0 Å². The van der Waals surface area contributed by atoms with Gasteiger partial charge in [-0.1, -0.05) is 24.3 Å². The van der Waals surface area contributed by atoms with Crippen molar-refractivity contribution in [1.82, 2.24) is 10.3 Å². The highest BCUT2D eigenvalue weighted by Gasteiger charge is 2.25. The molecule has 24 heavy (non-hydrogen) atoms. The van der Waals surface area contributed by atoms with Gasteiger partial charge >= 0.3 is 0 Å². The largest absolute Gasteiger partial charge is 0.505 e. The van der Waals surface area contributed by atoms with E-state index in [1.807, 2.05) is 24.3 Å². The Labute approximate surface area is 140 Å². The van der Waals surface area contributed by atoms with Gasteiger partial charge in [-0.15, -0.1) is 0 Å². The van der Waals surface area contributed by atoms with Crippen LogP contribution < -0.4 is 10.8 Å². The normalized spacial score (nSPS) is 16.8. The van der Waals surface area contributed by atoms with Crippen LogP contribution in [0.5, 0.6) is 5.75 Å². The molecule has 0 saturated carbocycles. The van der Waals surface area contributed by atoms with Crippen LogP contribution in [0, 0.1) is 0 Å². The fourth-order valence-corrected chi connectivity index (χ4v) is 3.45. The number of anilines is 1. The number of fused-ring (bicyclic) bond motifs is 2. The van der Waals surface area contributed by atoms with Crippen LogP contribution in [-0.4, -0.2) is 23.7 Å². The Morgan fingerprint density at radius 1 is 1.21 bits per heavy atom. The van der Waals surface area contributed by atoms with Gasteiger partial charge in [-0.3, -0.25) is 15.3 Å². The van der Waals surface area contributed by atoms with Crippen LogP contribution in [0.25, 0.3) is 10.9 Å². The van der Waals surface area contributed by atoms with Crippen molar-refractivity contribution >= 4 is 16.6 Å². The number of phenolic OH excluding ortho intramolecular Hbond substituents is 1. The number of nitrogens with one attached hydrogen (secondary N) is 2. The SMILES string of the molecule is CONc1cc(C2NCCc3ccccc32)c(O)c2ncccc12. The predicted molar refractivity (Wildman–Crippen MR) is 94.0 cm³/mol. The standard InChI is InChI=1S/C19H19N3O2/c1-24-22-16-11-15(19(23)18-14(16)7-4-9-20-18)17-13-6-3-2-5-12(13)8-10-21-17/h2-7,9,11,17,21-23H,8,10H2,1H3. The number of aromatic nitrogens is 1. The Bertz CT molecular complexity index is 895. The number of nitrogens with zero attached hydrogens (tertiary/aromatic N) is 1. The van der Waals surface area contributed by atoms with Gasteiger partial charge in [-0.25, -0.2) is 0 Å². The summed E-state index contributed by atoms with van der Waals surface area (Å²) >= 11 is 0. The summed E-state index contributed by atoms with van der Waals surface area (Å²) in [6.45, 7) is 0.869. The van der Waals surface area contributed by atoms with Gasteiger partial charge < -0.3 is 10.4 Å². The topological polar surface area (TPSA) is 66.4 Å². The average Bonchev–Trinajstić information content (AvgIpc) is 2.64. The van der Waals surface area contributed by atoms with Gasteiger partial charge in [-0.05, 0) is 35.7 Å². The fourth-order valence-electron chi connectivity index (χ4n) is 3.45. The minimum Gasteiger partial charge on any atom is -0.505 e. The predicted octanol–water partition coefficient (Wildman–Crippen LogP) is 3.15. The molecule has 122 valence electrons. The number of hydrogen-bond donors (Lipinski definition) is 3. The molecule has 2 heterocycles. The summed E-state index contributed by atoms with van der Waals surface area (Å²) in [5.41, 5.74) is 7.56. The number of phenols is 1. The monoisotopic (exact) mass is 321 g/mol. The molecule has 1 unspecified atom stereocenters. The molecular formula is C19H19N3O2. The first kappa shape index (κ1) is 14.9. The highest BCUT2D eigenvalue weighted by Crippen LogP contribution is 2.40. The lowest BCUT2D eigenvalue weighted by Gasteiger charge is -2.28. The number of rotatable bonds is 3. The number of aromatic hydroxyl groups is 1. The fraction of sp³-hybridized carbons (Fsp3) is 0.211. The van der Waals surface area contributed by atoms with Gasteiger partial charge in [0, 0.05) is 23.7 Å². The third-order valence-electron chi connectivity index (χ3n) is 4.53. The highest BCUT2D eigenvalue weighted by molar-refractivity contribution is 5.96. The van der Waals surface area contributed by atoms with E-state index in [1.54, 1.807) is 13.3 Å². The van der Waals surface area contributed by atoms with Gasteiger partial charge in [0.15, 0.2) is 0 Å². The molecule has 0 spiro atoms. The second kappa shape index (κ2) is 6.11. The van der Waals surface area contributed by atoms with Crippen molar-refractivity contribution in [2.24, 2.45) is 0 Å². The first-order chi connectivity index (χ1) is 11.8. The molecule has 0 bridgehead atoms. The van der Waals surface area contributed by atoms with Crippen LogP contribution in [-0.2, 0) is 11.3 Å². The lowest BCUT2D eigenvalue weighted by molar-refractivity contribution is 0.271. The van der Waals surface area contributed by atoms with E-state index in [2.05, 4.69) is 34.0 Å². The molecule has 2 aromatic carbocycles. The molecule has 5 heteroatoms. The highest BCUT2D eigenvalue weighted by atomic mass is 16.6. The summed E-state index contributed by atoms with van der Waals surface area (Å²) in [5, 5.41) is 15.2. The third-order valence-corrected chi connectivity index (χ3v) is 4.53. The second-order valence-electron chi connectivity index (χ2n) is 5.90. The maximum atomic E-state index is 10.8. The zero-order valence-electron chi connectivity index (χ0n) is 13.4. The van der Waals surface area contributed by atoms with Crippen LogP contribution >= 0.6 is 0 Å². The molecule has 4 rings (SSSR count). The molecule has 5 nitrogen and oxygen atoms in total. The van der Waals surface area contributed by atoms with Crippen molar-refractivity contribution in [2.45, 2.75) is 12.5 Å². The maximum Gasteiger partial charge on any atom is 0.147 e. The van der Waals surface area contributed by atoms with Crippen molar-refractivity contribution < 1.29 is 9.94 Å². The average molecular weight is 321 g/mol. The molecule has 3 aromatic rings. The molecular weight excluding hydrogens is 302 g/mol. The minimum atomic E-state index is -0.0706. The van der Waals surface area contributed by atoms with Crippen molar-refractivity contribution in [2.75, 3.05) is 19.1 Å². The Hall–Kier alpha value is -2.63. The molecule has 3 N–H and O–H groups in total. The van der Waals surface area contributed by atoms with Crippen molar-refractivity contribution in [3.8, 4) is 5.75 Å². The van der Waals surface area contributed by atoms with Crippen LogP contribution in [0.15, 0.2) is 48.7 Å². The van der Waals surface area contributed by atoms with E-state index in [0.29, 0.717) is 5.52 Å². The smallest absolute Gasteiger partial charge is 0.147 e. The van der Waals surface area contributed by atoms with E-state index in [-0.39, 0.29) is 11.8 Å². The summed E-state index contributed by atoms with van der Waals surface area (Å²) < 4.78 is 0. The van der Waals surface area contributed by atoms with Gasteiger partial charge in [0.2, 0.25) is 0 Å². The van der Waals surface area contributed by atoms with E-state index in [1.165, 1.54) is 11.1 Å². The molecule has 0 radical (unpaired) electrons. The second-order valence-corrected chi connectivity index (χ2v) is 5.90. The third kappa shape index (κ3) is 2.38. The van der Waals surface area contributed by atoms with Crippen molar-refractivity contribution in [3.05, 3.63) is 65.4 Å². The van der Waals surface area contributed by atoms with E-state index in [9.17, 15) is 5.11 Å². The van der Waals surface area contributed by atoms with Crippen LogP contribution in [0.4, 0.5) is 5.69 Å². The lowest BCUT2D eigenvalue weighted by Crippen LogP contribution is -2.30. The van der Waals surface area contributed by atoms with Crippen LogP contribution in [0.3, 0.4) is 0 Å². The minimum absolute atomic E-state index is 0.0706. The van der Waals surface area contributed by atoms with Gasteiger partial charge in [-0.2, -0.15) is 0 Å². The molecule has 1 aliphatic heterocycles. The number of hydrogen-bond acceptors (Lipinski definition) is 5. The van der Waals surface area contributed by atoms with Crippen LogP contribution in [0.2, 0.25) is 0 Å². The Balaban J connectivity index is 1.93. The zero-order valence-corrected chi connectivity index (χ0v) is 13.4. The molecule has 0 amide bonds. The number of benzene rings is 2. The van der Waals surface area contributed by atoms with E-state index >= 15 is 0 Å². The summed E-state index contributed by atoms with van der Waals surface area (Å²) in [4.78, 5) is 9.47. The Morgan fingerprint density at radius 2 is 2.08 bits per heavy atom. The quantitative estimate of drug-likeness (QED) is 0.511. The van der Waals surface area contributed by atoms with Crippen molar-refractivity contribution in [3.63, 3.8) is 0 Å². The van der Waals surface area contributed by atoms with Gasteiger partial charge in [0.1, 0.15) is 11.3 Å². The van der Waals surface area contributed by atoms with Gasteiger partial charge in [0.25, 0.3) is 0 Å². The molecule has 0 saturated heterocycles. The summed E-state index contributed by atoms with van der Waals surface area (Å²) in [7, 11) is 1.57. The molecule has 1 atom stereocenters. The summed E-state index contributed by atoms with van der Waals surface area (Å²) in [6, 6.07) is 14.0. The first-order valence-corrected chi connectivity index (χ1v) is 8.00. The molecule has 1 aromatic heterocycles. The Morgan fingerprint density at radius 3 is 2.96 bits per heavy atom. The first-order valence-electron chi connectivity index (χ1n) is 8.00. The van der Waals surface area contributed by atoms with E-state index in [0.717, 1.165) is 29.6 Å². The Kier molecular flexibility index (Phi) is 3.80. The van der Waals surface area contributed by atoms with Crippen LogP contribution in [0.1, 0.15) is 22.7 Å². The van der Waals surface area contributed by atoms with E-state index in [4.69, 9.17) is 4.84 Å². The zero-order chi connectivity index (χ0) is 16.5. The maximum absolute atomic E-state index is 10.8. The molecule has 0 aliphatic carbocycles. The summed E-state index contributed by atoms with van der Waals surface area (Å²) in [6.07, 6.45) is 2.67. The number of pyridine rings is 1. The van der Waals surface area contributed by atoms with Gasteiger partial charge in [0.05, 0.1) is 18.8 Å². The summed E-state index contributed by atoms with van der Waals surface area (Å²) in [5.74, 6) is 0.210. The lowest BCUT2D eigenvalue weighted by atomic mass is 9.88. The molecule has 0 fully saturated rings.